The zero-order valence-electron chi connectivity index (χ0n) is 64.5. The van der Waals surface area contributed by atoms with E-state index in [1.54, 1.807) is 0 Å². The zero-order valence-corrected chi connectivity index (χ0v) is 66.3. The van der Waals surface area contributed by atoms with E-state index >= 15 is 0 Å². The van der Waals surface area contributed by atoms with E-state index in [9.17, 15) is 43.2 Å². The predicted molar refractivity (Wildman–Crippen MR) is 418 cm³/mol. The van der Waals surface area contributed by atoms with Gasteiger partial charge in [-0.25, -0.2) is 9.13 Å². The molecule has 0 amide bonds. The normalized spacial score (nSPS) is 14.4. The molecule has 3 N–H and O–H groups in total. The topological polar surface area (TPSA) is 237 Å². The lowest BCUT2D eigenvalue weighted by molar-refractivity contribution is -0.161. The van der Waals surface area contributed by atoms with Crippen molar-refractivity contribution >= 4 is 39.5 Å². The first-order chi connectivity index (χ1) is 49.7. The Balaban J connectivity index is 5.38. The second kappa shape index (κ2) is 75.2. The molecule has 102 heavy (non-hydrogen) atoms. The van der Waals surface area contributed by atoms with Gasteiger partial charge < -0.3 is 33.8 Å². The van der Waals surface area contributed by atoms with Crippen molar-refractivity contribution < 1.29 is 80.2 Å². The summed E-state index contributed by atoms with van der Waals surface area (Å²) in [6, 6.07) is 0. The first kappa shape index (κ1) is 98.0. The molecule has 5 unspecified atom stereocenters. The van der Waals surface area contributed by atoms with E-state index in [0.29, 0.717) is 25.7 Å². The number of hydrogen-bond donors (Lipinski definition) is 3. The fourth-order valence-electron chi connectivity index (χ4n) is 10.9. The van der Waals surface area contributed by atoms with E-state index in [-0.39, 0.29) is 25.7 Å². The Bertz CT molecular complexity index is 2310. The number of carbonyl (C=O) groups is 4. The van der Waals surface area contributed by atoms with Gasteiger partial charge in [0.1, 0.15) is 19.3 Å². The van der Waals surface area contributed by atoms with Crippen molar-refractivity contribution in [1.29, 1.82) is 0 Å². The molecule has 17 nitrogen and oxygen atoms in total. The quantitative estimate of drug-likeness (QED) is 0.0169. The molecule has 590 valence electrons. The number of allylic oxidation sites excluding steroid dienone is 16. The summed E-state index contributed by atoms with van der Waals surface area (Å²) in [6.45, 7) is 4.71. The van der Waals surface area contributed by atoms with Crippen LogP contribution in [-0.4, -0.2) is 96.7 Å². The van der Waals surface area contributed by atoms with Crippen LogP contribution < -0.4 is 0 Å². The van der Waals surface area contributed by atoms with Crippen LogP contribution in [0.25, 0.3) is 0 Å². The van der Waals surface area contributed by atoms with E-state index < -0.39 is 97.5 Å². The number of unbranched alkanes of at least 4 members (excludes halogenated alkanes) is 34. The molecule has 0 saturated heterocycles. The largest absolute Gasteiger partial charge is 0.472 e. The van der Waals surface area contributed by atoms with E-state index in [4.69, 9.17) is 37.0 Å². The number of esters is 4. The number of aliphatic hydroxyl groups is 1. The van der Waals surface area contributed by atoms with Crippen LogP contribution in [0.15, 0.2) is 97.2 Å². The highest BCUT2D eigenvalue weighted by atomic mass is 31.2. The number of carbonyl (C=O) groups excluding carboxylic acids is 4. The van der Waals surface area contributed by atoms with Crippen LogP contribution in [0.4, 0.5) is 0 Å². The third-order valence-corrected chi connectivity index (χ3v) is 18.9. The van der Waals surface area contributed by atoms with Gasteiger partial charge >= 0.3 is 39.5 Å². The van der Waals surface area contributed by atoms with Crippen LogP contribution >= 0.6 is 15.6 Å². The minimum Gasteiger partial charge on any atom is -0.462 e. The van der Waals surface area contributed by atoms with E-state index in [0.717, 1.165) is 161 Å². The molecule has 0 aliphatic carbocycles. The average Bonchev–Trinajstić information content (AvgIpc) is 0.924. The zero-order chi connectivity index (χ0) is 74.6. The summed E-state index contributed by atoms with van der Waals surface area (Å²) in [6.07, 6.45) is 79.5. The predicted octanol–water partition coefficient (Wildman–Crippen LogP) is 23.6. The van der Waals surface area contributed by atoms with Gasteiger partial charge in [-0.3, -0.25) is 37.3 Å². The van der Waals surface area contributed by atoms with Crippen LogP contribution in [0.5, 0.6) is 0 Å². The molecule has 19 heteroatoms. The molecule has 0 rings (SSSR count). The fourth-order valence-corrected chi connectivity index (χ4v) is 12.4. The maximum atomic E-state index is 13.1. The van der Waals surface area contributed by atoms with Gasteiger partial charge in [0.15, 0.2) is 12.2 Å². The Morgan fingerprint density at radius 1 is 0.284 bits per heavy atom. The van der Waals surface area contributed by atoms with Gasteiger partial charge in [-0.15, -0.1) is 0 Å². The molecule has 0 heterocycles. The van der Waals surface area contributed by atoms with Crippen LogP contribution in [0.3, 0.4) is 0 Å². The third-order valence-electron chi connectivity index (χ3n) is 17.0. The Kier molecular flexibility index (Phi) is 72.3. The first-order valence-electron chi connectivity index (χ1n) is 40.5. The monoisotopic (exact) mass is 1480 g/mol. The number of aliphatic hydroxyl groups excluding tert-OH is 1. The van der Waals surface area contributed by atoms with Crippen molar-refractivity contribution in [2.24, 2.45) is 0 Å². The fraction of sp³-hybridized carbons (Fsp3) is 0.759. The Morgan fingerprint density at radius 2 is 0.510 bits per heavy atom. The lowest BCUT2D eigenvalue weighted by atomic mass is 10.0. The SMILES string of the molecule is CC/C=C\C/C=C\C/C=C\C/C=C\C/C=C\CCCCCC(=O)OCC(COP(=O)(O)OCC(O)COP(=O)(O)OCC(COC(=O)CCCCCCC/C=C\CCCCCCCC)OC(=O)CCCCCCCCCCCCCCC)OC(=O)CCCCCCC/C=C\C/C=C\CCCCC. The van der Waals surface area contributed by atoms with Crippen molar-refractivity contribution in [2.75, 3.05) is 39.6 Å². The minimum atomic E-state index is -4.99. The van der Waals surface area contributed by atoms with Gasteiger partial charge in [0.25, 0.3) is 0 Å². The van der Waals surface area contributed by atoms with Crippen molar-refractivity contribution in [2.45, 2.75) is 367 Å². The van der Waals surface area contributed by atoms with Crippen molar-refractivity contribution in [1.82, 2.24) is 0 Å². The molecule has 0 aliphatic rings. The molecule has 0 aromatic carbocycles. The number of rotatable bonds is 76. The molecular formula is C83H146O17P2. The summed E-state index contributed by atoms with van der Waals surface area (Å²) in [4.78, 5) is 73.0. The molecular weight excluding hydrogens is 1330 g/mol. The maximum absolute atomic E-state index is 13.1. The third kappa shape index (κ3) is 74.3. The summed E-state index contributed by atoms with van der Waals surface area (Å²) in [5.74, 6) is -2.22. The van der Waals surface area contributed by atoms with E-state index in [2.05, 4.69) is 125 Å². The van der Waals surface area contributed by atoms with Gasteiger partial charge in [0.2, 0.25) is 0 Å². The number of ether oxygens (including phenoxy) is 4. The smallest absolute Gasteiger partial charge is 0.462 e. The highest BCUT2D eigenvalue weighted by Crippen LogP contribution is 2.45. The summed E-state index contributed by atoms with van der Waals surface area (Å²) < 4.78 is 68.6. The molecule has 0 fully saturated rings. The highest BCUT2D eigenvalue weighted by molar-refractivity contribution is 7.47. The lowest BCUT2D eigenvalue weighted by Gasteiger charge is -2.21. The molecule has 0 bridgehead atoms. The van der Waals surface area contributed by atoms with Crippen molar-refractivity contribution in [3.05, 3.63) is 97.2 Å². The van der Waals surface area contributed by atoms with Gasteiger partial charge in [0.05, 0.1) is 26.4 Å². The Labute approximate surface area is 620 Å². The van der Waals surface area contributed by atoms with Gasteiger partial charge in [-0.1, -0.05) is 292 Å². The molecule has 0 saturated carbocycles. The summed E-state index contributed by atoms with van der Waals surface area (Å²) in [5, 5.41) is 10.6. The van der Waals surface area contributed by atoms with Crippen molar-refractivity contribution in [3.63, 3.8) is 0 Å². The van der Waals surface area contributed by atoms with Crippen LogP contribution in [0.1, 0.15) is 349 Å². The maximum Gasteiger partial charge on any atom is 0.472 e. The second-order valence-electron chi connectivity index (χ2n) is 27.0. The van der Waals surface area contributed by atoms with Crippen LogP contribution in [0.2, 0.25) is 0 Å². The Morgan fingerprint density at radius 3 is 0.824 bits per heavy atom. The lowest BCUT2D eigenvalue weighted by Crippen LogP contribution is -2.30. The van der Waals surface area contributed by atoms with Crippen LogP contribution in [-0.2, 0) is 65.4 Å². The molecule has 0 radical (unpaired) electrons. The number of hydrogen-bond acceptors (Lipinski definition) is 15. The average molecular weight is 1480 g/mol. The van der Waals surface area contributed by atoms with Gasteiger partial charge in [0, 0.05) is 25.7 Å². The summed E-state index contributed by atoms with van der Waals surface area (Å²) >= 11 is 0. The van der Waals surface area contributed by atoms with Crippen molar-refractivity contribution in [3.8, 4) is 0 Å². The Hall–Kier alpha value is -4.02. The summed E-state index contributed by atoms with van der Waals surface area (Å²) in [7, 11) is -9.96. The van der Waals surface area contributed by atoms with E-state index in [1.807, 2.05) is 0 Å². The highest BCUT2D eigenvalue weighted by Gasteiger charge is 2.30. The first-order valence-corrected chi connectivity index (χ1v) is 43.5. The molecule has 5 atom stereocenters. The molecule has 0 spiro atoms. The molecule has 0 aromatic heterocycles. The standard InChI is InChI=1S/C83H146O17P2/c1-5-9-13-17-21-25-29-33-36-37-38-39-42-45-48-52-56-60-64-68-81(86)94-74-79(100-83(88)70-66-62-58-54-50-46-41-35-31-27-23-19-15-11-7-3)76-98-102(91,92)96-72-77(84)71-95-101(89,90)97-75-78(99-82(87)69-65-61-57-53-49-43-32-28-24-20-16-12-8-4)73-93-80(85)67-63-59-55-51-47-44-40-34-30-26-22-18-14-10-6-2/h9,13,21,23,25,27,33-36,38-41,45,48,77-79,84H,5-8,10-12,14-20,22,24,26,28-32,37,42-44,46-47,49-76H2,1-4H3,(H,89,90)(H,91,92)/b13-9-,25-21-,27-23-,36-33-,39-38-,40-34-,41-35-,48-45-. The summed E-state index contributed by atoms with van der Waals surface area (Å²) in [5.41, 5.74) is 0. The van der Waals surface area contributed by atoms with Gasteiger partial charge in [-0.05, 0) is 128 Å². The van der Waals surface area contributed by atoms with Gasteiger partial charge in [-0.2, -0.15) is 0 Å². The number of phosphoric ester groups is 2. The minimum absolute atomic E-state index is 0.0712. The second-order valence-corrected chi connectivity index (χ2v) is 29.9. The molecule has 0 aliphatic heterocycles. The molecule has 0 aromatic rings. The van der Waals surface area contributed by atoms with Crippen LogP contribution in [0, 0.1) is 0 Å². The van der Waals surface area contributed by atoms with E-state index in [1.165, 1.54) is 109 Å². The number of phosphoric acid groups is 2.